The fourth-order valence-electron chi connectivity index (χ4n) is 9.97. The van der Waals surface area contributed by atoms with Crippen LogP contribution in [-0.2, 0) is 19.4 Å². The summed E-state index contributed by atoms with van der Waals surface area (Å²) in [6, 6.07) is 0. The van der Waals surface area contributed by atoms with Gasteiger partial charge in [-0.3, -0.25) is 9.35 Å². The number of aliphatic hydroxyl groups excluding tert-OH is 2. The van der Waals surface area contributed by atoms with Crippen LogP contribution in [0.2, 0.25) is 0 Å². The molecule has 208 valence electrons. The summed E-state index contributed by atoms with van der Waals surface area (Å²) in [7, 11) is -4.46. The van der Waals surface area contributed by atoms with Crippen LogP contribution in [0, 0.1) is 52.3 Å². The Morgan fingerprint density at radius 2 is 1.69 bits per heavy atom. The molecule has 0 amide bonds. The van der Waals surface area contributed by atoms with E-state index < -0.39 is 10.4 Å². The first-order valence-electron chi connectivity index (χ1n) is 14.3. The third-order valence-corrected chi connectivity index (χ3v) is 12.0. The molecule has 0 radical (unpaired) electrons. The van der Waals surface area contributed by atoms with Gasteiger partial charge in [0.15, 0.2) is 0 Å². The molecule has 4 fully saturated rings. The van der Waals surface area contributed by atoms with E-state index in [2.05, 4.69) is 31.9 Å². The first-order chi connectivity index (χ1) is 16.8. The summed E-state index contributed by atoms with van der Waals surface area (Å²) in [5.41, 5.74) is 0.306. The molecule has 0 aromatic heterocycles. The van der Waals surface area contributed by atoms with Gasteiger partial charge in [0.1, 0.15) is 5.78 Å². The van der Waals surface area contributed by atoms with Crippen molar-refractivity contribution in [3.8, 4) is 0 Å². The Balaban J connectivity index is 1.45. The molecule has 11 atom stereocenters. The van der Waals surface area contributed by atoms with Crippen molar-refractivity contribution < 1.29 is 32.2 Å². The number of fused-ring (bicyclic) bond motifs is 5. The number of Topliss-reactive ketones (excluding diaryl/α,β-unsaturated/α-hetero) is 1. The maximum atomic E-state index is 12.7. The second-order valence-corrected chi connectivity index (χ2v) is 14.3. The fourth-order valence-corrected chi connectivity index (χ4v) is 10.3. The second kappa shape index (κ2) is 10.6. The van der Waals surface area contributed by atoms with Gasteiger partial charge in [-0.15, -0.1) is 0 Å². The highest BCUT2D eigenvalue weighted by Crippen LogP contribution is 2.69. The highest BCUT2D eigenvalue weighted by molar-refractivity contribution is 7.80. The van der Waals surface area contributed by atoms with E-state index in [0.717, 1.165) is 51.4 Å². The normalized spacial score (nSPS) is 45.4. The molecule has 8 heteroatoms. The SMILES string of the molecule is CC[C@H]1C(O)C2C3CC[C@H]([C@H](C)CC(=O)CCCOS(=O)(=O)O)[C@@]3(C)CCC2[C@@]2(C)CC[C@@H](O)C[C@@H]12. The number of rotatable bonds is 9. The molecule has 4 aliphatic carbocycles. The molecule has 7 nitrogen and oxygen atoms in total. The van der Waals surface area contributed by atoms with Crippen molar-refractivity contribution in [2.75, 3.05) is 6.61 Å². The van der Waals surface area contributed by atoms with Crippen molar-refractivity contribution in [3.63, 3.8) is 0 Å². The summed E-state index contributed by atoms with van der Waals surface area (Å²) in [6.45, 7) is 9.07. The zero-order chi connectivity index (χ0) is 26.5. The first kappa shape index (κ1) is 28.5. The quantitative estimate of drug-likeness (QED) is 0.290. The molecule has 4 rings (SSSR count). The van der Waals surface area contributed by atoms with Gasteiger partial charge in [0.25, 0.3) is 0 Å². The van der Waals surface area contributed by atoms with Gasteiger partial charge in [-0.05, 0) is 104 Å². The van der Waals surface area contributed by atoms with E-state index in [4.69, 9.17) is 4.55 Å². The topological polar surface area (TPSA) is 121 Å². The number of ketones is 1. The molecule has 0 aromatic carbocycles. The predicted octanol–water partition coefficient (Wildman–Crippen LogP) is 4.81. The molecule has 4 saturated carbocycles. The molecule has 0 heterocycles. The standard InChI is InChI=1S/C28H48O7S/c1-5-20-24-16-19(30)10-12-28(24,4)23-11-13-27(3)21(8-9-22(27)25(23)26(20)31)17(2)15-18(29)7-6-14-35-36(32,33)34/h17,19-26,30-31H,5-16H2,1-4H3,(H,32,33,34)/t17-,19-,20-,21-,22?,23?,24+,25?,26?,27-,28-/m1/s1. The van der Waals surface area contributed by atoms with Gasteiger partial charge in [0, 0.05) is 12.8 Å². The van der Waals surface area contributed by atoms with Crippen LogP contribution in [-0.4, -0.2) is 47.8 Å². The Hall–Kier alpha value is -0.540. The van der Waals surface area contributed by atoms with Crippen molar-refractivity contribution in [3.05, 3.63) is 0 Å². The molecule has 36 heavy (non-hydrogen) atoms. The van der Waals surface area contributed by atoms with Gasteiger partial charge < -0.3 is 10.2 Å². The molecule has 0 aliphatic heterocycles. The molecular weight excluding hydrogens is 480 g/mol. The predicted molar refractivity (Wildman–Crippen MR) is 137 cm³/mol. The Bertz CT molecular complexity index is 906. The fraction of sp³-hybridized carbons (Fsp3) is 0.964. The van der Waals surface area contributed by atoms with Crippen LogP contribution in [0.4, 0.5) is 0 Å². The van der Waals surface area contributed by atoms with E-state index in [1.165, 1.54) is 0 Å². The summed E-state index contributed by atoms with van der Waals surface area (Å²) in [4.78, 5) is 12.7. The van der Waals surface area contributed by atoms with E-state index in [0.29, 0.717) is 36.0 Å². The summed E-state index contributed by atoms with van der Waals surface area (Å²) in [5.74, 6) is 2.70. The van der Waals surface area contributed by atoms with Crippen LogP contribution in [0.5, 0.6) is 0 Å². The highest BCUT2D eigenvalue weighted by atomic mass is 32.3. The summed E-state index contributed by atoms with van der Waals surface area (Å²) in [5, 5.41) is 22.3. The lowest BCUT2D eigenvalue weighted by atomic mass is 9.41. The third-order valence-electron chi connectivity index (χ3n) is 11.5. The lowest BCUT2D eigenvalue weighted by Gasteiger charge is -2.64. The van der Waals surface area contributed by atoms with E-state index in [9.17, 15) is 23.4 Å². The minimum absolute atomic E-state index is 0.113. The molecule has 3 N–H and O–H groups in total. The van der Waals surface area contributed by atoms with Crippen LogP contribution >= 0.6 is 0 Å². The second-order valence-electron chi connectivity index (χ2n) is 13.2. The molecule has 0 aromatic rings. The molecule has 0 spiro atoms. The first-order valence-corrected chi connectivity index (χ1v) is 15.7. The Kier molecular flexibility index (Phi) is 8.35. The van der Waals surface area contributed by atoms with Gasteiger partial charge in [-0.1, -0.05) is 34.1 Å². The number of carbonyl (C=O) groups excluding carboxylic acids is 1. The summed E-state index contributed by atoms with van der Waals surface area (Å²) < 4.78 is 34.4. The molecule has 0 saturated heterocycles. The number of carbonyl (C=O) groups is 1. The zero-order valence-corrected chi connectivity index (χ0v) is 23.4. The lowest BCUT2D eigenvalue weighted by Crippen LogP contribution is -2.62. The van der Waals surface area contributed by atoms with Crippen molar-refractivity contribution in [2.45, 2.75) is 111 Å². The summed E-state index contributed by atoms with van der Waals surface area (Å²) in [6.07, 6.45) is 8.64. The van der Waals surface area contributed by atoms with Crippen LogP contribution < -0.4 is 0 Å². The van der Waals surface area contributed by atoms with Gasteiger partial charge in [-0.25, -0.2) is 4.18 Å². The monoisotopic (exact) mass is 528 g/mol. The average Bonchev–Trinajstić information content (AvgIpc) is 3.15. The molecule has 4 aliphatic rings. The molecule has 0 bridgehead atoms. The van der Waals surface area contributed by atoms with Crippen molar-refractivity contribution >= 4 is 16.2 Å². The molecule has 4 unspecified atom stereocenters. The number of aliphatic hydroxyl groups is 2. The third kappa shape index (κ3) is 5.18. The van der Waals surface area contributed by atoms with Gasteiger partial charge in [-0.2, -0.15) is 8.42 Å². The Morgan fingerprint density at radius 3 is 2.36 bits per heavy atom. The van der Waals surface area contributed by atoms with Crippen molar-refractivity contribution in [1.82, 2.24) is 0 Å². The minimum atomic E-state index is -4.46. The van der Waals surface area contributed by atoms with Crippen molar-refractivity contribution in [2.24, 2.45) is 52.3 Å². The van der Waals surface area contributed by atoms with Gasteiger partial charge in [0.2, 0.25) is 0 Å². The van der Waals surface area contributed by atoms with Crippen LogP contribution in [0.25, 0.3) is 0 Å². The lowest BCUT2D eigenvalue weighted by molar-refractivity contribution is -0.203. The van der Waals surface area contributed by atoms with Crippen LogP contribution in [0.3, 0.4) is 0 Å². The summed E-state index contributed by atoms with van der Waals surface area (Å²) >= 11 is 0. The average molecular weight is 529 g/mol. The van der Waals surface area contributed by atoms with Gasteiger partial charge >= 0.3 is 10.4 Å². The largest absolute Gasteiger partial charge is 0.397 e. The molecular formula is C28H48O7S. The Morgan fingerprint density at radius 1 is 1.03 bits per heavy atom. The van der Waals surface area contributed by atoms with Crippen LogP contribution in [0.1, 0.15) is 98.3 Å². The Labute approximate surface area is 217 Å². The van der Waals surface area contributed by atoms with E-state index in [1.807, 2.05) is 0 Å². The smallest absolute Gasteiger partial charge is 0.393 e. The number of hydrogen-bond donors (Lipinski definition) is 3. The van der Waals surface area contributed by atoms with E-state index in [1.54, 1.807) is 0 Å². The van der Waals surface area contributed by atoms with E-state index >= 15 is 0 Å². The van der Waals surface area contributed by atoms with Crippen molar-refractivity contribution in [1.29, 1.82) is 0 Å². The van der Waals surface area contributed by atoms with Crippen LogP contribution in [0.15, 0.2) is 0 Å². The number of hydrogen-bond acceptors (Lipinski definition) is 6. The zero-order valence-electron chi connectivity index (χ0n) is 22.6. The van der Waals surface area contributed by atoms with E-state index in [-0.39, 0.29) is 60.1 Å². The maximum Gasteiger partial charge on any atom is 0.397 e. The minimum Gasteiger partial charge on any atom is -0.393 e. The van der Waals surface area contributed by atoms with Gasteiger partial charge in [0.05, 0.1) is 18.8 Å². The maximum absolute atomic E-state index is 12.7. The highest BCUT2D eigenvalue weighted by Gasteiger charge is 2.64.